The summed E-state index contributed by atoms with van der Waals surface area (Å²) < 4.78 is 4.81. The average Bonchev–Trinajstić information content (AvgIpc) is 3.00. The molecule has 4 unspecified atom stereocenters. The Morgan fingerprint density at radius 3 is 2.89 bits per heavy atom. The van der Waals surface area contributed by atoms with Crippen LogP contribution in [0.4, 0.5) is 0 Å². The van der Waals surface area contributed by atoms with Crippen molar-refractivity contribution in [2.45, 2.75) is 47.8 Å². The number of ether oxygens (including phenoxy) is 1. The van der Waals surface area contributed by atoms with E-state index < -0.39 is 0 Å². The molecule has 1 aliphatic carbocycles. The number of hydrogen-bond acceptors (Lipinski definition) is 7. The monoisotopic (exact) mass is 303 g/mol. The summed E-state index contributed by atoms with van der Waals surface area (Å²) in [5.74, 6) is 1.81. The molecule has 108 valence electrons. The smallest absolute Gasteiger partial charge is 0.318 e. The fourth-order valence-electron chi connectivity index (χ4n) is 2.52. The molecule has 0 aromatic heterocycles. The summed E-state index contributed by atoms with van der Waals surface area (Å²) in [6, 6.07) is 0. The topological polar surface area (TPSA) is 62.4 Å². The van der Waals surface area contributed by atoms with Crippen LogP contribution in [-0.2, 0) is 9.53 Å². The number of esters is 1. The van der Waals surface area contributed by atoms with Gasteiger partial charge in [0.15, 0.2) is 0 Å². The van der Waals surface area contributed by atoms with E-state index in [1.807, 2.05) is 11.8 Å². The summed E-state index contributed by atoms with van der Waals surface area (Å²) in [6.07, 6.45) is 5.18. The zero-order valence-corrected chi connectivity index (χ0v) is 12.7. The Bertz CT molecular complexity index is 341. The van der Waals surface area contributed by atoms with E-state index in [2.05, 4.69) is 16.2 Å². The maximum Gasteiger partial charge on any atom is 0.318 e. The van der Waals surface area contributed by atoms with Gasteiger partial charge >= 0.3 is 5.97 Å². The van der Waals surface area contributed by atoms with Gasteiger partial charge in [-0.15, -0.1) is 23.5 Å². The number of carbonyl (C=O) groups is 1. The molecule has 2 heterocycles. The minimum Gasteiger partial charge on any atom is -0.468 e. The van der Waals surface area contributed by atoms with Crippen molar-refractivity contribution in [2.24, 2.45) is 5.92 Å². The first-order chi connectivity index (χ1) is 9.26. The third-order valence-electron chi connectivity index (χ3n) is 3.81. The Hall–Kier alpha value is 0.0500. The van der Waals surface area contributed by atoms with Gasteiger partial charge in [-0.3, -0.25) is 10.1 Å². The van der Waals surface area contributed by atoms with Gasteiger partial charge in [0, 0.05) is 11.0 Å². The quantitative estimate of drug-likeness (QED) is 0.652. The number of nitrogens with one attached hydrogen (secondary N) is 3. The van der Waals surface area contributed by atoms with Crippen molar-refractivity contribution in [3.8, 4) is 0 Å². The summed E-state index contributed by atoms with van der Waals surface area (Å²) in [7, 11) is 1.47. The van der Waals surface area contributed by atoms with E-state index in [1.54, 1.807) is 11.8 Å². The van der Waals surface area contributed by atoms with E-state index in [0.29, 0.717) is 16.9 Å². The van der Waals surface area contributed by atoms with Crippen LogP contribution in [0.1, 0.15) is 25.7 Å². The number of methoxy groups -OCH3 is 1. The summed E-state index contributed by atoms with van der Waals surface area (Å²) in [4.78, 5) is 11.5. The lowest BCUT2D eigenvalue weighted by Crippen LogP contribution is -2.35. The average molecular weight is 303 g/mol. The molecule has 0 amide bonds. The predicted molar refractivity (Wildman–Crippen MR) is 78.6 cm³/mol. The molecule has 19 heavy (non-hydrogen) atoms. The van der Waals surface area contributed by atoms with Gasteiger partial charge in [-0.2, -0.15) is 0 Å². The van der Waals surface area contributed by atoms with Crippen LogP contribution < -0.4 is 16.2 Å². The molecular formula is C12H21N3O2S2. The van der Waals surface area contributed by atoms with Gasteiger partial charge in [0.1, 0.15) is 10.7 Å². The minimum atomic E-state index is -0.0647. The summed E-state index contributed by atoms with van der Waals surface area (Å²) in [6.45, 7) is 0. The third kappa shape index (κ3) is 3.58. The van der Waals surface area contributed by atoms with Gasteiger partial charge in [0.2, 0.25) is 0 Å². The van der Waals surface area contributed by atoms with Gasteiger partial charge < -0.3 is 4.74 Å². The van der Waals surface area contributed by atoms with Crippen molar-refractivity contribution in [1.82, 2.24) is 16.2 Å². The summed E-state index contributed by atoms with van der Waals surface area (Å²) >= 11 is 3.67. The van der Waals surface area contributed by atoms with E-state index in [1.165, 1.54) is 20.0 Å². The van der Waals surface area contributed by atoms with Gasteiger partial charge in [0.05, 0.1) is 13.3 Å². The third-order valence-corrected chi connectivity index (χ3v) is 6.75. The molecular weight excluding hydrogens is 282 g/mol. The molecule has 2 aliphatic heterocycles. The van der Waals surface area contributed by atoms with Gasteiger partial charge in [-0.05, 0) is 31.6 Å². The molecule has 3 aliphatic rings. The fraction of sp³-hybridized carbons (Fsp3) is 0.917. The SMILES string of the molecule is COC(=O)C1CCC(CSC2NNC(C3CC3)N2)S1. The molecule has 0 radical (unpaired) electrons. The van der Waals surface area contributed by atoms with Gasteiger partial charge in [-0.25, -0.2) is 10.9 Å². The molecule has 0 bridgehead atoms. The molecule has 7 heteroatoms. The summed E-state index contributed by atoms with van der Waals surface area (Å²) in [5, 5.41) is 4.18. The zero-order chi connectivity index (χ0) is 13.2. The van der Waals surface area contributed by atoms with Crippen molar-refractivity contribution in [3.63, 3.8) is 0 Å². The number of hydrazine groups is 1. The van der Waals surface area contributed by atoms with E-state index in [9.17, 15) is 4.79 Å². The largest absolute Gasteiger partial charge is 0.468 e. The molecule has 2 saturated heterocycles. The Balaban J connectivity index is 1.35. The van der Waals surface area contributed by atoms with Crippen molar-refractivity contribution in [1.29, 1.82) is 0 Å². The fourth-order valence-corrected chi connectivity index (χ4v) is 5.26. The standard InChI is InChI=1S/C12H21N3O2S2/c1-17-11(16)9-5-4-8(19-9)6-18-12-13-10(14-15-12)7-2-3-7/h7-10,12-15H,2-6H2,1H3. The highest BCUT2D eigenvalue weighted by atomic mass is 32.2. The van der Waals surface area contributed by atoms with Gasteiger partial charge in [-0.1, -0.05) is 0 Å². The molecule has 3 fully saturated rings. The molecule has 0 aromatic rings. The van der Waals surface area contributed by atoms with Crippen LogP contribution in [-0.4, -0.2) is 41.0 Å². The highest BCUT2D eigenvalue weighted by Crippen LogP contribution is 2.37. The lowest BCUT2D eigenvalue weighted by molar-refractivity contribution is -0.139. The predicted octanol–water partition coefficient (Wildman–Crippen LogP) is 0.874. The van der Waals surface area contributed by atoms with Crippen LogP contribution in [0, 0.1) is 5.92 Å². The molecule has 0 spiro atoms. The van der Waals surface area contributed by atoms with Crippen LogP contribution in [0.25, 0.3) is 0 Å². The molecule has 1 saturated carbocycles. The maximum atomic E-state index is 11.5. The van der Waals surface area contributed by atoms with Crippen LogP contribution in [0.5, 0.6) is 0 Å². The minimum absolute atomic E-state index is 0.0532. The Kier molecular flexibility index (Phi) is 4.58. The highest BCUT2D eigenvalue weighted by Gasteiger charge is 2.37. The first-order valence-corrected chi connectivity index (χ1v) is 8.87. The molecule has 0 aromatic carbocycles. The van der Waals surface area contributed by atoms with Crippen LogP contribution in [0.15, 0.2) is 0 Å². The second-order valence-corrected chi connectivity index (χ2v) is 7.98. The Labute approximate surface area is 122 Å². The van der Waals surface area contributed by atoms with Crippen LogP contribution in [0.2, 0.25) is 0 Å². The molecule has 4 atom stereocenters. The number of hydrogen-bond donors (Lipinski definition) is 3. The van der Waals surface area contributed by atoms with E-state index in [-0.39, 0.29) is 11.2 Å². The normalized spacial score (nSPS) is 38.6. The number of thioether (sulfide) groups is 2. The lowest BCUT2D eigenvalue weighted by atomic mass is 10.2. The van der Waals surface area contributed by atoms with Crippen molar-refractivity contribution >= 4 is 29.5 Å². The molecule has 3 rings (SSSR count). The van der Waals surface area contributed by atoms with E-state index in [0.717, 1.165) is 24.5 Å². The number of rotatable bonds is 5. The first kappa shape index (κ1) is 14.0. The first-order valence-electron chi connectivity index (χ1n) is 6.88. The Morgan fingerprint density at radius 2 is 2.16 bits per heavy atom. The second kappa shape index (κ2) is 6.22. The van der Waals surface area contributed by atoms with Crippen molar-refractivity contribution in [3.05, 3.63) is 0 Å². The van der Waals surface area contributed by atoms with Gasteiger partial charge in [0.25, 0.3) is 0 Å². The zero-order valence-electron chi connectivity index (χ0n) is 11.1. The molecule has 5 nitrogen and oxygen atoms in total. The van der Waals surface area contributed by atoms with Crippen molar-refractivity contribution < 1.29 is 9.53 Å². The summed E-state index contributed by atoms with van der Waals surface area (Å²) in [5.41, 5.74) is 6.91. The van der Waals surface area contributed by atoms with Crippen LogP contribution >= 0.6 is 23.5 Å². The van der Waals surface area contributed by atoms with Crippen LogP contribution in [0.3, 0.4) is 0 Å². The highest BCUT2D eigenvalue weighted by molar-refractivity contribution is 8.04. The lowest BCUT2D eigenvalue weighted by Gasteiger charge is -2.14. The van der Waals surface area contributed by atoms with E-state index in [4.69, 9.17) is 4.74 Å². The van der Waals surface area contributed by atoms with Crippen molar-refractivity contribution in [2.75, 3.05) is 12.9 Å². The Morgan fingerprint density at radius 1 is 1.32 bits per heavy atom. The molecule has 3 N–H and O–H groups in total. The number of carbonyl (C=O) groups excluding carboxylic acids is 1. The second-order valence-electron chi connectivity index (χ2n) is 5.33. The maximum absolute atomic E-state index is 11.5. The van der Waals surface area contributed by atoms with E-state index >= 15 is 0 Å².